The molecule has 0 aliphatic rings. The maximum absolute atomic E-state index is 11.1. The minimum atomic E-state index is -1.01. The van der Waals surface area contributed by atoms with Crippen LogP contribution in [0.15, 0.2) is 48.5 Å². The molecule has 0 atom stereocenters. The van der Waals surface area contributed by atoms with Gasteiger partial charge in [-0.15, -0.1) is 0 Å². The molecule has 0 fully saturated rings. The van der Waals surface area contributed by atoms with Crippen LogP contribution >= 0.6 is 0 Å². The topological polar surface area (TPSA) is 71.5 Å². The number of aromatic carboxylic acids is 1. The number of hydrogen-bond donors (Lipinski definition) is 2. The molecule has 5 heteroatoms. The Labute approximate surface area is 127 Å². The standard InChI is InChI=1S/C17H15NO4/c1-21-16-8-12(22-10-11-5-3-2-4-6-11)7-14-13(16)9-15(18-14)17(19)20/h2-9,18H,10H2,1H3,(H,19,20). The molecule has 3 rings (SSSR count). The first-order valence-electron chi connectivity index (χ1n) is 6.78. The van der Waals surface area contributed by atoms with Gasteiger partial charge in [0.2, 0.25) is 0 Å². The summed E-state index contributed by atoms with van der Waals surface area (Å²) in [4.78, 5) is 13.9. The first-order chi connectivity index (χ1) is 10.7. The number of carboxylic acid groups (broad SMARTS) is 1. The fourth-order valence-corrected chi connectivity index (χ4v) is 2.29. The second kappa shape index (κ2) is 5.81. The first kappa shape index (κ1) is 14.0. The number of aromatic amines is 1. The van der Waals surface area contributed by atoms with E-state index in [-0.39, 0.29) is 5.69 Å². The number of methoxy groups -OCH3 is 1. The van der Waals surface area contributed by atoms with Gasteiger partial charge in [-0.1, -0.05) is 30.3 Å². The van der Waals surface area contributed by atoms with Crippen molar-refractivity contribution >= 4 is 16.9 Å². The molecule has 2 N–H and O–H groups in total. The highest BCUT2D eigenvalue weighted by Crippen LogP contribution is 2.32. The van der Waals surface area contributed by atoms with E-state index in [1.54, 1.807) is 25.3 Å². The number of hydrogen-bond acceptors (Lipinski definition) is 3. The van der Waals surface area contributed by atoms with E-state index in [0.717, 1.165) is 5.56 Å². The molecule has 0 saturated heterocycles. The minimum Gasteiger partial charge on any atom is -0.496 e. The third-order valence-corrected chi connectivity index (χ3v) is 3.37. The summed E-state index contributed by atoms with van der Waals surface area (Å²) in [5.41, 5.74) is 1.84. The molecule has 1 aromatic heterocycles. The number of carboxylic acids is 1. The molecule has 0 aliphatic heterocycles. The van der Waals surface area contributed by atoms with Gasteiger partial charge < -0.3 is 19.6 Å². The number of aromatic nitrogens is 1. The van der Waals surface area contributed by atoms with Crippen molar-refractivity contribution in [1.29, 1.82) is 0 Å². The molecule has 3 aromatic rings. The lowest BCUT2D eigenvalue weighted by molar-refractivity contribution is 0.0691. The molecule has 1 heterocycles. The lowest BCUT2D eigenvalue weighted by Gasteiger charge is -2.09. The smallest absolute Gasteiger partial charge is 0.352 e. The Hall–Kier alpha value is -2.95. The molecular weight excluding hydrogens is 282 g/mol. The summed E-state index contributed by atoms with van der Waals surface area (Å²) in [6, 6.07) is 14.9. The van der Waals surface area contributed by atoms with Gasteiger partial charge in [-0.25, -0.2) is 4.79 Å². The van der Waals surface area contributed by atoms with Gasteiger partial charge >= 0.3 is 5.97 Å². The van der Waals surface area contributed by atoms with Crippen LogP contribution in [0.25, 0.3) is 10.9 Å². The number of H-pyrrole nitrogens is 1. The van der Waals surface area contributed by atoms with E-state index < -0.39 is 5.97 Å². The molecule has 0 amide bonds. The van der Waals surface area contributed by atoms with Gasteiger partial charge in [0.15, 0.2) is 0 Å². The highest BCUT2D eigenvalue weighted by Gasteiger charge is 2.13. The Morgan fingerprint density at radius 3 is 2.64 bits per heavy atom. The van der Waals surface area contributed by atoms with Gasteiger partial charge in [0, 0.05) is 17.5 Å². The summed E-state index contributed by atoms with van der Waals surface area (Å²) in [6.45, 7) is 0.433. The Balaban J connectivity index is 1.91. The molecule has 2 aromatic carbocycles. The van der Waals surface area contributed by atoms with Crippen molar-refractivity contribution in [2.75, 3.05) is 7.11 Å². The van der Waals surface area contributed by atoms with Gasteiger partial charge in [0.05, 0.1) is 12.6 Å². The monoisotopic (exact) mass is 297 g/mol. The lowest BCUT2D eigenvalue weighted by atomic mass is 10.2. The fourth-order valence-electron chi connectivity index (χ4n) is 2.29. The predicted octanol–water partition coefficient (Wildman–Crippen LogP) is 3.45. The van der Waals surface area contributed by atoms with Crippen LogP contribution in [0.3, 0.4) is 0 Å². The molecule has 0 bridgehead atoms. The summed E-state index contributed by atoms with van der Waals surface area (Å²) < 4.78 is 11.1. The number of nitrogens with one attached hydrogen (secondary N) is 1. The van der Waals surface area contributed by atoms with Crippen LogP contribution in [-0.4, -0.2) is 23.2 Å². The molecule has 0 spiro atoms. The quantitative estimate of drug-likeness (QED) is 0.756. The van der Waals surface area contributed by atoms with Crippen LogP contribution in [0.5, 0.6) is 11.5 Å². The molecule has 0 unspecified atom stereocenters. The van der Waals surface area contributed by atoms with Crippen LogP contribution in [0.2, 0.25) is 0 Å². The third kappa shape index (κ3) is 2.74. The zero-order valence-electron chi connectivity index (χ0n) is 12.0. The second-order valence-corrected chi connectivity index (χ2v) is 4.85. The van der Waals surface area contributed by atoms with E-state index in [2.05, 4.69) is 4.98 Å². The molecule has 0 aliphatic carbocycles. The highest BCUT2D eigenvalue weighted by molar-refractivity contribution is 5.96. The Kier molecular flexibility index (Phi) is 3.70. The van der Waals surface area contributed by atoms with E-state index in [1.807, 2.05) is 30.3 Å². The summed E-state index contributed by atoms with van der Waals surface area (Å²) in [6.07, 6.45) is 0. The average Bonchev–Trinajstić information content (AvgIpc) is 2.97. The molecule has 112 valence electrons. The first-order valence-corrected chi connectivity index (χ1v) is 6.78. The van der Waals surface area contributed by atoms with Crippen molar-refractivity contribution < 1.29 is 19.4 Å². The molecule has 0 radical (unpaired) electrons. The Bertz CT molecular complexity index is 808. The minimum absolute atomic E-state index is 0.119. The van der Waals surface area contributed by atoms with Gasteiger partial charge in [0.25, 0.3) is 0 Å². The van der Waals surface area contributed by atoms with Crippen molar-refractivity contribution in [2.45, 2.75) is 6.61 Å². The Morgan fingerprint density at radius 2 is 1.95 bits per heavy atom. The van der Waals surface area contributed by atoms with Crippen LogP contribution < -0.4 is 9.47 Å². The zero-order chi connectivity index (χ0) is 15.5. The van der Waals surface area contributed by atoms with Crippen molar-refractivity contribution in [1.82, 2.24) is 4.98 Å². The predicted molar refractivity (Wildman–Crippen MR) is 82.6 cm³/mol. The fraction of sp³-hybridized carbons (Fsp3) is 0.118. The summed E-state index contributed by atoms with van der Waals surface area (Å²) in [5.74, 6) is 0.182. The van der Waals surface area contributed by atoms with Gasteiger partial charge in [0.1, 0.15) is 23.8 Å². The molecule has 5 nitrogen and oxygen atoms in total. The molecule has 22 heavy (non-hydrogen) atoms. The maximum Gasteiger partial charge on any atom is 0.352 e. The van der Waals surface area contributed by atoms with Crippen molar-refractivity contribution in [3.05, 3.63) is 59.8 Å². The van der Waals surface area contributed by atoms with E-state index in [1.165, 1.54) is 0 Å². The van der Waals surface area contributed by atoms with E-state index in [9.17, 15) is 4.79 Å². The number of rotatable bonds is 5. The third-order valence-electron chi connectivity index (χ3n) is 3.37. The van der Waals surface area contributed by atoms with Crippen molar-refractivity contribution in [3.8, 4) is 11.5 Å². The van der Waals surface area contributed by atoms with E-state index in [0.29, 0.717) is 29.0 Å². The number of fused-ring (bicyclic) bond motifs is 1. The van der Waals surface area contributed by atoms with Gasteiger partial charge in [-0.2, -0.15) is 0 Å². The average molecular weight is 297 g/mol. The van der Waals surface area contributed by atoms with Crippen LogP contribution in [0.1, 0.15) is 16.1 Å². The van der Waals surface area contributed by atoms with E-state index in [4.69, 9.17) is 14.6 Å². The molecular formula is C17H15NO4. The summed E-state index contributed by atoms with van der Waals surface area (Å²) in [7, 11) is 1.54. The number of carbonyl (C=O) groups is 1. The SMILES string of the molecule is COc1cc(OCc2ccccc2)cc2[nH]c(C(=O)O)cc12. The van der Waals surface area contributed by atoms with E-state index >= 15 is 0 Å². The summed E-state index contributed by atoms with van der Waals surface area (Å²) >= 11 is 0. The van der Waals surface area contributed by atoms with Crippen molar-refractivity contribution in [2.24, 2.45) is 0 Å². The lowest BCUT2D eigenvalue weighted by Crippen LogP contribution is -1.96. The Morgan fingerprint density at radius 1 is 1.18 bits per heavy atom. The summed E-state index contributed by atoms with van der Waals surface area (Å²) in [5, 5.41) is 9.78. The van der Waals surface area contributed by atoms with Gasteiger partial charge in [-0.05, 0) is 11.6 Å². The van der Waals surface area contributed by atoms with Gasteiger partial charge in [-0.3, -0.25) is 0 Å². The normalized spacial score (nSPS) is 10.6. The largest absolute Gasteiger partial charge is 0.496 e. The number of ether oxygens (including phenoxy) is 2. The van der Waals surface area contributed by atoms with Crippen LogP contribution in [0, 0.1) is 0 Å². The van der Waals surface area contributed by atoms with Crippen molar-refractivity contribution in [3.63, 3.8) is 0 Å². The van der Waals surface area contributed by atoms with Crippen LogP contribution in [-0.2, 0) is 6.61 Å². The zero-order valence-corrected chi connectivity index (χ0v) is 12.0. The highest BCUT2D eigenvalue weighted by atomic mass is 16.5. The van der Waals surface area contributed by atoms with Crippen LogP contribution in [0.4, 0.5) is 0 Å². The number of benzene rings is 2. The molecule has 0 saturated carbocycles. The second-order valence-electron chi connectivity index (χ2n) is 4.85. The maximum atomic E-state index is 11.1.